The smallest absolute Gasteiger partial charge is 0.191 e. The van der Waals surface area contributed by atoms with Crippen molar-refractivity contribution < 1.29 is 4.74 Å². The average molecular weight is 359 g/mol. The fourth-order valence-corrected chi connectivity index (χ4v) is 3.88. The van der Waals surface area contributed by atoms with Crippen LogP contribution >= 0.6 is 0 Å². The van der Waals surface area contributed by atoms with Crippen LogP contribution in [-0.2, 0) is 0 Å². The molecule has 1 saturated carbocycles. The Bertz CT molecular complexity index is 612. The molecular formula is C21H34N4O. The third-order valence-corrected chi connectivity index (χ3v) is 5.40. The average Bonchev–Trinajstić information content (AvgIpc) is 3.41. The quantitative estimate of drug-likeness (QED) is 0.447. The van der Waals surface area contributed by atoms with E-state index in [2.05, 4.69) is 59.5 Å². The molecule has 1 aromatic rings. The second-order valence-corrected chi connectivity index (χ2v) is 7.89. The first-order valence-electron chi connectivity index (χ1n) is 10.0. The van der Waals surface area contributed by atoms with Gasteiger partial charge in [0.15, 0.2) is 5.96 Å². The van der Waals surface area contributed by atoms with Gasteiger partial charge in [0.1, 0.15) is 12.4 Å². The molecule has 5 nitrogen and oxygen atoms in total. The zero-order chi connectivity index (χ0) is 18.5. The van der Waals surface area contributed by atoms with Crippen LogP contribution in [0.25, 0.3) is 0 Å². The Morgan fingerprint density at radius 3 is 2.77 bits per heavy atom. The fourth-order valence-electron chi connectivity index (χ4n) is 3.88. The number of nitrogens with one attached hydrogen (secondary N) is 2. The summed E-state index contributed by atoms with van der Waals surface area (Å²) in [5.41, 5.74) is 1.26. The molecule has 2 N–H and O–H groups in total. The van der Waals surface area contributed by atoms with Gasteiger partial charge >= 0.3 is 0 Å². The number of nitrogens with zero attached hydrogens (tertiary/aromatic N) is 2. The van der Waals surface area contributed by atoms with Gasteiger partial charge < -0.3 is 15.4 Å². The Labute approximate surface area is 158 Å². The van der Waals surface area contributed by atoms with Crippen LogP contribution in [0.15, 0.2) is 29.3 Å². The van der Waals surface area contributed by atoms with Crippen molar-refractivity contribution in [2.45, 2.75) is 64.1 Å². The van der Waals surface area contributed by atoms with E-state index in [-0.39, 0.29) is 0 Å². The van der Waals surface area contributed by atoms with Crippen molar-refractivity contribution in [3.05, 3.63) is 29.8 Å². The predicted octanol–water partition coefficient (Wildman–Crippen LogP) is 2.98. The molecule has 2 fully saturated rings. The summed E-state index contributed by atoms with van der Waals surface area (Å²) in [6.07, 6.45) is 3.94. The summed E-state index contributed by atoms with van der Waals surface area (Å²) in [7, 11) is 1.83. The number of aliphatic imine (C=N–C) groups is 1. The van der Waals surface area contributed by atoms with Crippen molar-refractivity contribution >= 4 is 5.96 Å². The molecular weight excluding hydrogens is 324 g/mol. The number of guanidine groups is 1. The van der Waals surface area contributed by atoms with Gasteiger partial charge in [0.05, 0.1) is 6.54 Å². The molecule has 5 heteroatoms. The minimum Gasteiger partial charge on any atom is -0.491 e. The molecule has 0 spiro atoms. The predicted molar refractivity (Wildman–Crippen MR) is 108 cm³/mol. The van der Waals surface area contributed by atoms with Crippen LogP contribution in [0.4, 0.5) is 0 Å². The Hall–Kier alpha value is -1.75. The summed E-state index contributed by atoms with van der Waals surface area (Å²) >= 11 is 0. The van der Waals surface area contributed by atoms with E-state index in [9.17, 15) is 0 Å². The summed E-state index contributed by atoms with van der Waals surface area (Å²) in [6, 6.07) is 10.3. The summed E-state index contributed by atoms with van der Waals surface area (Å²) < 4.78 is 5.98. The first-order chi connectivity index (χ1) is 12.6. The summed E-state index contributed by atoms with van der Waals surface area (Å²) in [6.45, 7) is 9.22. The largest absolute Gasteiger partial charge is 0.491 e. The lowest BCUT2D eigenvalue weighted by Gasteiger charge is -2.20. The zero-order valence-corrected chi connectivity index (χ0v) is 16.7. The van der Waals surface area contributed by atoms with Crippen molar-refractivity contribution in [3.63, 3.8) is 0 Å². The molecule has 2 unspecified atom stereocenters. The van der Waals surface area contributed by atoms with E-state index in [1.165, 1.54) is 24.8 Å². The van der Waals surface area contributed by atoms with Crippen LogP contribution in [0.5, 0.6) is 5.75 Å². The van der Waals surface area contributed by atoms with Gasteiger partial charge in [-0.2, -0.15) is 0 Å². The van der Waals surface area contributed by atoms with Crippen LogP contribution in [-0.4, -0.2) is 55.7 Å². The van der Waals surface area contributed by atoms with Gasteiger partial charge in [-0.15, -0.1) is 0 Å². The normalized spacial score (nSPS) is 24.1. The topological polar surface area (TPSA) is 48.9 Å². The number of hydrogen-bond donors (Lipinski definition) is 2. The summed E-state index contributed by atoms with van der Waals surface area (Å²) in [4.78, 5) is 7.02. The Kier molecular flexibility index (Phi) is 6.41. The van der Waals surface area contributed by atoms with Crippen molar-refractivity contribution in [1.29, 1.82) is 0 Å². The highest BCUT2D eigenvalue weighted by atomic mass is 16.5. The number of likely N-dealkylation sites (tertiary alicyclic amines) is 1. The maximum Gasteiger partial charge on any atom is 0.191 e. The highest BCUT2D eigenvalue weighted by molar-refractivity contribution is 5.80. The molecule has 1 aromatic carbocycles. The lowest BCUT2D eigenvalue weighted by atomic mass is 10.0. The van der Waals surface area contributed by atoms with Crippen LogP contribution in [0.3, 0.4) is 0 Å². The second kappa shape index (κ2) is 8.76. The Morgan fingerprint density at radius 2 is 2.08 bits per heavy atom. The summed E-state index contributed by atoms with van der Waals surface area (Å²) in [5.74, 6) is 2.32. The number of benzene rings is 1. The van der Waals surface area contributed by atoms with Crippen LogP contribution in [0.2, 0.25) is 0 Å². The van der Waals surface area contributed by atoms with Gasteiger partial charge in [0.25, 0.3) is 0 Å². The van der Waals surface area contributed by atoms with E-state index in [4.69, 9.17) is 4.74 Å². The first-order valence-corrected chi connectivity index (χ1v) is 10.0. The second-order valence-electron chi connectivity index (χ2n) is 7.89. The van der Waals surface area contributed by atoms with Gasteiger partial charge in [0.2, 0.25) is 0 Å². The fraction of sp³-hybridized carbons (Fsp3) is 0.667. The number of para-hydroxylation sites is 1. The lowest BCUT2D eigenvalue weighted by molar-refractivity contribution is 0.256. The van der Waals surface area contributed by atoms with Gasteiger partial charge in [-0.05, 0) is 43.7 Å². The molecule has 0 aromatic heterocycles. The maximum atomic E-state index is 5.98. The van der Waals surface area contributed by atoms with E-state index in [1.54, 1.807) is 0 Å². The lowest BCUT2D eigenvalue weighted by Crippen LogP contribution is -2.45. The van der Waals surface area contributed by atoms with Crippen LogP contribution < -0.4 is 15.4 Å². The van der Waals surface area contributed by atoms with Gasteiger partial charge in [0, 0.05) is 31.7 Å². The number of ether oxygens (including phenoxy) is 1. The van der Waals surface area contributed by atoms with Crippen LogP contribution in [0, 0.1) is 0 Å². The molecule has 2 aliphatic rings. The van der Waals surface area contributed by atoms with Gasteiger partial charge in [-0.3, -0.25) is 9.89 Å². The standard InChI is InChI=1S/C21H34N4O/c1-15(2)19-7-5-6-8-20(19)26-12-11-23-21(22-4)24-17-13-16(3)25(14-17)18-9-10-18/h5-8,15-18H,9-14H2,1-4H3,(H2,22,23,24). The number of hydrogen-bond acceptors (Lipinski definition) is 3. The molecule has 1 heterocycles. The van der Waals surface area contributed by atoms with E-state index in [0.717, 1.165) is 30.8 Å². The highest BCUT2D eigenvalue weighted by Gasteiger charge is 2.38. The minimum atomic E-state index is 0.465. The maximum absolute atomic E-state index is 5.98. The van der Waals surface area contributed by atoms with E-state index < -0.39 is 0 Å². The van der Waals surface area contributed by atoms with Crippen molar-refractivity contribution in [2.75, 3.05) is 26.7 Å². The molecule has 0 bridgehead atoms. The number of rotatable bonds is 7. The monoisotopic (exact) mass is 358 g/mol. The van der Waals surface area contributed by atoms with Crippen molar-refractivity contribution in [3.8, 4) is 5.75 Å². The molecule has 144 valence electrons. The molecule has 0 radical (unpaired) electrons. The minimum absolute atomic E-state index is 0.465. The van der Waals surface area contributed by atoms with E-state index in [0.29, 0.717) is 24.6 Å². The van der Waals surface area contributed by atoms with Crippen molar-refractivity contribution in [1.82, 2.24) is 15.5 Å². The van der Waals surface area contributed by atoms with Gasteiger partial charge in [-0.1, -0.05) is 32.0 Å². The third kappa shape index (κ3) is 4.91. The molecule has 1 saturated heterocycles. The van der Waals surface area contributed by atoms with Crippen LogP contribution in [0.1, 0.15) is 51.5 Å². The molecule has 26 heavy (non-hydrogen) atoms. The Morgan fingerprint density at radius 1 is 1.31 bits per heavy atom. The molecule has 1 aliphatic heterocycles. The molecule has 1 aliphatic carbocycles. The molecule has 2 atom stereocenters. The van der Waals surface area contributed by atoms with E-state index >= 15 is 0 Å². The first kappa shape index (κ1) is 19.0. The van der Waals surface area contributed by atoms with Gasteiger partial charge in [-0.25, -0.2) is 0 Å². The van der Waals surface area contributed by atoms with Crippen molar-refractivity contribution in [2.24, 2.45) is 4.99 Å². The SMILES string of the molecule is CN=C(NCCOc1ccccc1C(C)C)NC1CC(C)N(C2CC2)C1. The zero-order valence-electron chi connectivity index (χ0n) is 16.7. The highest BCUT2D eigenvalue weighted by Crippen LogP contribution is 2.33. The Balaban J connectivity index is 1.41. The third-order valence-electron chi connectivity index (χ3n) is 5.40. The molecule has 3 rings (SSSR count). The molecule has 0 amide bonds. The summed E-state index contributed by atoms with van der Waals surface area (Å²) in [5, 5.41) is 6.96. The van der Waals surface area contributed by atoms with E-state index in [1.807, 2.05) is 13.1 Å².